The first-order chi connectivity index (χ1) is 6.50. The van der Waals surface area contributed by atoms with Crippen molar-refractivity contribution in [2.45, 2.75) is 11.7 Å². The van der Waals surface area contributed by atoms with Crippen LogP contribution >= 0.6 is 0 Å². The van der Waals surface area contributed by atoms with E-state index in [-0.39, 0.29) is 6.42 Å². The Morgan fingerprint density at radius 1 is 1.29 bits per heavy atom. The van der Waals surface area contributed by atoms with Gasteiger partial charge in [-0.2, -0.15) is 8.42 Å². The zero-order valence-corrected chi connectivity index (χ0v) is 7.92. The van der Waals surface area contributed by atoms with E-state index in [4.69, 9.17) is 0 Å². The van der Waals surface area contributed by atoms with Crippen molar-refractivity contribution in [3.63, 3.8) is 0 Å². The number of benzene rings is 1. The summed E-state index contributed by atoms with van der Waals surface area (Å²) < 4.78 is 33.9. The van der Waals surface area contributed by atoms with Gasteiger partial charge in [0.05, 0.1) is 0 Å². The van der Waals surface area contributed by atoms with Gasteiger partial charge < -0.3 is 0 Å². The van der Waals surface area contributed by atoms with Gasteiger partial charge in [-0.1, -0.05) is 24.3 Å². The van der Waals surface area contributed by atoms with Crippen LogP contribution in [0.2, 0.25) is 0 Å². The highest BCUT2D eigenvalue weighted by atomic mass is 32.3. The lowest BCUT2D eigenvalue weighted by Crippen LogP contribution is -2.23. The Balaban J connectivity index is 2.50. The molecule has 1 aromatic carbocycles. The van der Waals surface area contributed by atoms with Crippen molar-refractivity contribution < 1.29 is 17.1 Å². The minimum Gasteiger partial charge on any atom is -0.293 e. The third kappa shape index (κ3) is 1.33. The van der Waals surface area contributed by atoms with Crippen LogP contribution in [0.25, 0.3) is 0 Å². The number of hydrogen-bond donors (Lipinski definition) is 0. The van der Waals surface area contributed by atoms with Gasteiger partial charge in [-0.05, 0) is 12.0 Å². The molecule has 0 amide bonds. The predicted molar refractivity (Wildman–Crippen MR) is 48.3 cm³/mol. The van der Waals surface area contributed by atoms with Gasteiger partial charge in [0, 0.05) is 5.56 Å². The molecular formula is C9H7FO3S. The number of hydrogen-bond acceptors (Lipinski definition) is 3. The first kappa shape index (κ1) is 9.33. The largest absolute Gasteiger partial charge is 0.313 e. The highest BCUT2D eigenvalue weighted by Gasteiger charge is 2.39. The first-order valence-electron chi connectivity index (χ1n) is 4.06. The zero-order valence-electron chi connectivity index (χ0n) is 7.10. The number of carbonyl (C=O) groups excluding carboxylic acids is 1. The molecule has 1 aliphatic carbocycles. The molecule has 1 atom stereocenters. The smallest absolute Gasteiger partial charge is 0.293 e. The van der Waals surface area contributed by atoms with E-state index in [0.717, 1.165) is 0 Å². The molecule has 0 heterocycles. The van der Waals surface area contributed by atoms with Gasteiger partial charge in [0.15, 0.2) is 11.0 Å². The van der Waals surface area contributed by atoms with Crippen LogP contribution in [0.1, 0.15) is 15.9 Å². The van der Waals surface area contributed by atoms with Crippen LogP contribution in [0, 0.1) is 0 Å². The second-order valence-electron chi connectivity index (χ2n) is 3.19. The molecule has 0 aliphatic heterocycles. The molecule has 0 radical (unpaired) electrons. The quantitative estimate of drug-likeness (QED) is 0.657. The molecule has 1 aliphatic rings. The maximum atomic E-state index is 12.7. The molecule has 5 heteroatoms. The van der Waals surface area contributed by atoms with Crippen molar-refractivity contribution in [1.29, 1.82) is 0 Å². The number of fused-ring (bicyclic) bond motifs is 1. The normalized spacial score (nSPS) is 20.9. The Morgan fingerprint density at radius 2 is 1.93 bits per heavy atom. The minimum atomic E-state index is -4.77. The van der Waals surface area contributed by atoms with Crippen molar-refractivity contribution in [2.75, 3.05) is 0 Å². The van der Waals surface area contributed by atoms with Crippen LogP contribution in [-0.4, -0.2) is 19.5 Å². The lowest BCUT2D eigenvalue weighted by Gasteiger charge is -1.99. The SMILES string of the molecule is O=C1c2ccccc2CC1S(=O)(=O)F. The van der Waals surface area contributed by atoms with E-state index in [1.807, 2.05) is 0 Å². The Labute approximate surface area is 80.8 Å². The highest BCUT2D eigenvalue weighted by Crippen LogP contribution is 2.26. The van der Waals surface area contributed by atoms with Crippen LogP contribution < -0.4 is 0 Å². The van der Waals surface area contributed by atoms with Gasteiger partial charge in [-0.3, -0.25) is 4.79 Å². The molecule has 0 spiro atoms. The van der Waals surface area contributed by atoms with E-state index in [1.54, 1.807) is 18.2 Å². The maximum absolute atomic E-state index is 12.7. The molecule has 0 saturated heterocycles. The molecule has 0 bridgehead atoms. The second kappa shape index (κ2) is 2.88. The molecule has 74 valence electrons. The average molecular weight is 214 g/mol. The van der Waals surface area contributed by atoms with Crippen molar-refractivity contribution >= 4 is 16.0 Å². The zero-order chi connectivity index (χ0) is 10.3. The number of carbonyl (C=O) groups is 1. The molecule has 0 N–H and O–H groups in total. The molecule has 1 aromatic rings. The number of ketones is 1. The average Bonchev–Trinajstić information content (AvgIpc) is 2.44. The van der Waals surface area contributed by atoms with E-state index in [1.165, 1.54) is 6.07 Å². The van der Waals surface area contributed by atoms with Gasteiger partial charge in [0.25, 0.3) is 0 Å². The molecule has 14 heavy (non-hydrogen) atoms. The van der Waals surface area contributed by atoms with Gasteiger partial charge in [0.2, 0.25) is 0 Å². The lowest BCUT2D eigenvalue weighted by molar-refractivity contribution is 0.0996. The Hall–Kier alpha value is -1.23. The highest BCUT2D eigenvalue weighted by molar-refractivity contribution is 7.87. The van der Waals surface area contributed by atoms with E-state index < -0.39 is 21.3 Å². The van der Waals surface area contributed by atoms with Crippen LogP contribution in [0.5, 0.6) is 0 Å². The van der Waals surface area contributed by atoms with Crippen LogP contribution in [0.3, 0.4) is 0 Å². The molecule has 0 fully saturated rings. The Kier molecular flexibility index (Phi) is 1.92. The molecular weight excluding hydrogens is 207 g/mol. The van der Waals surface area contributed by atoms with Gasteiger partial charge in [-0.15, -0.1) is 3.89 Å². The van der Waals surface area contributed by atoms with E-state index in [0.29, 0.717) is 11.1 Å². The van der Waals surface area contributed by atoms with E-state index >= 15 is 0 Å². The van der Waals surface area contributed by atoms with Crippen LogP contribution in [-0.2, 0) is 16.6 Å². The number of halogens is 1. The fourth-order valence-electron chi connectivity index (χ4n) is 1.63. The number of rotatable bonds is 1. The Morgan fingerprint density at radius 3 is 2.50 bits per heavy atom. The minimum absolute atomic E-state index is 0.0478. The Bertz CT molecular complexity index is 493. The van der Waals surface area contributed by atoms with Gasteiger partial charge in [-0.25, -0.2) is 0 Å². The van der Waals surface area contributed by atoms with Crippen molar-refractivity contribution in [3.8, 4) is 0 Å². The molecule has 2 rings (SSSR count). The van der Waals surface area contributed by atoms with Crippen molar-refractivity contribution in [2.24, 2.45) is 0 Å². The summed E-state index contributed by atoms with van der Waals surface area (Å²) in [4.78, 5) is 11.4. The van der Waals surface area contributed by atoms with Crippen LogP contribution in [0.15, 0.2) is 24.3 Å². The fraction of sp³-hybridized carbons (Fsp3) is 0.222. The monoisotopic (exact) mass is 214 g/mol. The summed E-state index contributed by atoms with van der Waals surface area (Å²) in [6.07, 6.45) is -0.0478. The van der Waals surface area contributed by atoms with Crippen molar-refractivity contribution in [3.05, 3.63) is 35.4 Å². The van der Waals surface area contributed by atoms with Gasteiger partial charge >= 0.3 is 10.2 Å². The molecule has 0 aromatic heterocycles. The maximum Gasteiger partial charge on any atom is 0.313 e. The van der Waals surface area contributed by atoms with Crippen molar-refractivity contribution in [1.82, 2.24) is 0 Å². The third-order valence-corrected chi connectivity index (χ3v) is 3.38. The topological polar surface area (TPSA) is 51.2 Å². The van der Waals surface area contributed by atoms with Gasteiger partial charge in [0.1, 0.15) is 0 Å². The second-order valence-corrected chi connectivity index (χ2v) is 4.71. The summed E-state index contributed by atoms with van der Waals surface area (Å²) in [5.74, 6) is -0.636. The van der Waals surface area contributed by atoms with E-state index in [2.05, 4.69) is 0 Å². The summed E-state index contributed by atoms with van der Waals surface area (Å²) in [6.45, 7) is 0. The van der Waals surface area contributed by atoms with E-state index in [9.17, 15) is 17.1 Å². The molecule has 1 unspecified atom stereocenters. The summed E-state index contributed by atoms with van der Waals surface area (Å²) in [6, 6.07) is 6.48. The third-order valence-electron chi connectivity index (χ3n) is 2.32. The summed E-state index contributed by atoms with van der Waals surface area (Å²) in [5, 5.41) is -1.53. The first-order valence-corrected chi connectivity index (χ1v) is 5.50. The number of Topliss-reactive ketones (excluding diaryl/α,β-unsaturated/α-hetero) is 1. The summed E-state index contributed by atoms with van der Waals surface area (Å²) >= 11 is 0. The lowest BCUT2D eigenvalue weighted by atomic mass is 10.1. The predicted octanol–water partition coefficient (Wildman–Crippen LogP) is 1.09. The van der Waals surface area contributed by atoms with Crippen LogP contribution in [0.4, 0.5) is 3.89 Å². The summed E-state index contributed by atoms with van der Waals surface area (Å²) in [7, 11) is -4.77. The fourth-order valence-corrected chi connectivity index (χ4v) is 2.39. The standard InChI is InChI=1S/C9H7FO3S/c10-14(12,13)8-5-6-3-1-2-4-7(6)9(8)11/h1-4,8H,5H2. The molecule has 3 nitrogen and oxygen atoms in total. The molecule has 0 saturated carbocycles. The summed E-state index contributed by atoms with van der Waals surface area (Å²) in [5.41, 5.74) is 0.919.